The van der Waals surface area contributed by atoms with Gasteiger partial charge in [0.15, 0.2) is 11.5 Å². The van der Waals surface area contributed by atoms with Crippen LogP contribution in [-0.4, -0.2) is 55.7 Å². The van der Waals surface area contributed by atoms with Crippen molar-refractivity contribution in [2.75, 3.05) is 39.2 Å². The highest BCUT2D eigenvalue weighted by molar-refractivity contribution is 6.30. The van der Waals surface area contributed by atoms with Crippen molar-refractivity contribution in [2.45, 2.75) is 32.1 Å². The fourth-order valence-electron chi connectivity index (χ4n) is 4.66. The van der Waals surface area contributed by atoms with Gasteiger partial charge >= 0.3 is 6.03 Å². The van der Waals surface area contributed by atoms with Gasteiger partial charge in [-0.05, 0) is 74.2 Å². The molecule has 2 N–H and O–H groups in total. The van der Waals surface area contributed by atoms with Crippen LogP contribution in [0.2, 0.25) is 5.02 Å². The minimum absolute atomic E-state index is 0.0942. The van der Waals surface area contributed by atoms with Crippen molar-refractivity contribution < 1.29 is 19.1 Å². The van der Waals surface area contributed by atoms with Crippen molar-refractivity contribution in [2.24, 2.45) is 0 Å². The predicted octanol–water partition coefficient (Wildman–Crippen LogP) is 5.44. The highest BCUT2D eigenvalue weighted by atomic mass is 35.5. The van der Waals surface area contributed by atoms with Crippen LogP contribution in [0.3, 0.4) is 0 Å². The Morgan fingerprint density at radius 3 is 2.50 bits per heavy atom. The lowest BCUT2D eigenvalue weighted by Gasteiger charge is -2.32. The van der Waals surface area contributed by atoms with Crippen LogP contribution in [0.1, 0.15) is 46.1 Å². The number of nitrogens with zero attached hydrogens (tertiary/aromatic N) is 2. The van der Waals surface area contributed by atoms with Crippen LogP contribution < -0.4 is 20.1 Å². The van der Waals surface area contributed by atoms with Gasteiger partial charge in [-0.15, -0.1) is 0 Å². The first-order valence-corrected chi connectivity index (χ1v) is 13.0. The number of anilines is 1. The Labute approximate surface area is 228 Å². The van der Waals surface area contributed by atoms with Gasteiger partial charge in [0, 0.05) is 42.0 Å². The van der Waals surface area contributed by atoms with E-state index in [4.69, 9.17) is 26.1 Å². The van der Waals surface area contributed by atoms with Crippen LogP contribution in [0, 0.1) is 6.92 Å². The number of carbonyl (C=O) groups is 2. The van der Waals surface area contributed by atoms with Crippen molar-refractivity contribution in [3.8, 4) is 11.5 Å². The van der Waals surface area contributed by atoms with E-state index in [1.807, 2.05) is 43.3 Å². The molecule has 1 aliphatic heterocycles. The van der Waals surface area contributed by atoms with Crippen molar-refractivity contribution >= 4 is 29.2 Å². The molecule has 1 aromatic heterocycles. The third-order valence-electron chi connectivity index (χ3n) is 6.70. The number of piperidine rings is 1. The molecule has 0 aliphatic carbocycles. The highest BCUT2D eigenvalue weighted by Crippen LogP contribution is 2.30. The maximum Gasteiger partial charge on any atom is 0.321 e. The topological polar surface area (TPSA) is 92.8 Å². The zero-order chi connectivity index (χ0) is 27.1. The summed E-state index contributed by atoms with van der Waals surface area (Å²) in [6, 6.07) is 16.4. The lowest BCUT2D eigenvalue weighted by atomic mass is 9.90. The van der Waals surface area contributed by atoms with Crippen LogP contribution >= 0.6 is 11.6 Å². The maximum absolute atomic E-state index is 13.2. The first kappa shape index (κ1) is 27.3. The third-order valence-corrected chi connectivity index (χ3v) is 6.94. The molecule has 0 unspecified atom stereocenters. The molecule has 2 aromatic carbocycles. The molecule has 0 radical (unpaired) electrons. The molecule has 200 valence electrons. The van der Waals surface area contributed by atoms with Crippen LogP contribution in [0.5, 0.6) is 11.5 Å². The number of aromatic nitrogens is 1. The summed E-state index contributed by atoms with van der Waals surface area (Å²) in [5.41, 5.74) is 3.95. The Bertz CT molecular complexity index is 1290. The predicted molar refractivity (Wildman–Crippen MR) is 149 cm³/mol. The number of ether oxygens (including phenoxy) is 2. The molecular formula is C29H33ClN4O4. The summed E-state index contributed by atoms with van der Waals surface area (Å²) in [4.78, 5) is 32.4. The van der Waals surface area contributed by atoms with Gasteiger partial charge in [0.05, 0.1) is 25.5 Å². The fourth-order valence-corrected chi connectivity index (χ4v) is 4.85. The van der Waals surface area contributed by atoms with Gasteiger partial charge in [0.2, 0.25) is 0 Å². The fraction of sp³-hybridized carbons (Fsp3) is 0.345. The summed E-state index contributed by atoms with van der Waals surface area (Å²) < 4.78 is 10.7. The number of halogens is 1. The van der Waals surface area contributed by atoms with E-state index in [-0.39, 0.29) is 17.9 Å². The van der Waals surface area contributed by atoms with E-state index in [2.05, 4.69) is 10.6 Å². The number of rotatable bonds is 8. The molecule has 3 aromatic rings. The Morgan fingerprint density at radius 1 is 1.03 bits per heavy atom. The number of nitrogens with one attached hydrogen (secondary N) is 2. The number of amides is 3. The maximum atomic E-state index is 13.2. The summed E-state index contributed by atoms with van der Waals surface area (Å²) in [6.45, 7) is 3.56. The Morgan fingerprint density at radius 2 is 1.79 bits per heavy atom. The van der Waals surface area contributed by atoms with Gasteiger partial charge in [-0.25, -0.2) is 4.79 Å². The second-order valence-corrected chi connectivity index (χ2v) is 9.72. The van der Waals surface area contributed by atoms with E-state index >= 15 is 0 Å². The van der Waals surface area contributed by atoms with Crippen molar-refractivity contribution in [1.82, 2.24) is 15.2 Å². The number of hydrogen-bond acceptors (Lipinski definition) is 5. The third kappa shape index (κ3) is 6.75. The average molecular weight is 537 g/mol. The van der Waals surface area contributed by atoms with Crippen LogP contribution in [0.4, 0.5) is 10.5 Å². The molecule has 1 aliphatic rings. The van der Waals surface area contributed by atoms with Gasteiger partial charge in [-0.2, -0.15) is 0 Å². The highest BCUT2D eigenvalue weighted by Gasteiger charge is 2.28. The van der Waals surface area contributed by atoms with E-state index in [9.17, 15) is 9.59 Å². The molecule has 38 heavy (non-hydrogen) atoms. The lowest BCUT2D eigenvalue weighted by molar-refractivity contribution is 0.0951. The summed E-state index contributed by atoms with van der Waals surface area (Å²) in [5, 5.41) is 6.51. The van der Waals surface area contributed by atoms with E-state index in [1.54, 1.807) is 37.3 Å². The van der Waals surface area contributed by atoms with E-state index in [1.165, 1.54) is 0 Å². The van der Waals surface area contributed by atoms with Crippen LogP contribution in [-0.2, 0) is 6.42 Å². The first-order chi connectivity index (χ1) is 18.4. The molecule has 0 spiro atoms. The van der Waals surface area contributed by atoms with Crippen molar-refractivity contribution in [3.05, 3.63) is 82.1 Å². The number of aryl methyl sites for hydroxylation is 1. The summed E-state index contributed by atoms with van der Waals surface area (Å²) in [7, 11) is 3.20. The molecule has 2 heterocycles. The van der Waals surface area contributed by atoms with Gasteiger partial charge in [0.25, 0.3) is 5.91 Å². The molecular weight excluding hydrogens is 504 g/mol. The number of urea groups is 1. The number of hydrogen-bond donors (Lipinski definition) is 2. The number of carbonyl (C=O) groups excluding carboxylic acids is 2. The Balaban J connectivity index is 1.35. The summed E-state index contributed by atoms with van der Waals surface area (Å²) in [5.74, 6) is 1.28. The molecule has 1 fully saturated rings. The minimum atomic E-state index is -0.156. The number of benzene rings is 2. The molecule has 8 nitrogen and oxygen atoms in total. The number of likely N-dealkylation sites (tertiary alicyclic amines) is 1. The molecule has 1 saturated heterocycles. The number of pyridine rings is 1. The molecule has 0 bridgehead atoms. The van der Waals surface area contributed by atoms with Crippen molar-refractivity contribution in [3.63, 3.8) is 0 Å². The molecule has 4 rings (SSSR count). The van der Waals surface area contributed by atoms with E-state index in [0.717, 1.165) is 29.8 Å². The molecule has 9 heteroatoms. The van der Waals surface area contributed by atoms with Gasteiger partial charge in [-0.1, -0.05) is 23.7 Å². The molecule has 0 atom stereocenters. The van der Waals surface area contributed by atoms with Gasteiger partial charge in [0.1, 0.15) is 0 Å². The zero-order valence-electron chi connectivity index (χ0n) is 21.9. The van der Waals surface area contributed by atoms with Crippen LogP contribution in [0.15, 0.2) is 54.6 Å². The Kier molecular flexibility index (Phi) is 9.07. The van der Waals surface area contributed by atoms with Crippen molar-refractivity contribution in [1.29, 1.82) is 0 Å². The monoisotopic (exact) mass is 536 g/mol. The normalized spacial score (nSPS) is 13.6. The van der Waals surface area contributed by atoms with Gasteiger partial charge in [-0.3, -0.25) is 9.78 Å². The SMILES string of the molecule is COc1ccc(CCNC(=O)c2ccc(C)nc2C2CCN(C(=O)Nc3cccc(Cl)c3)CC2)cc1OC. The second-order valence-electron chi connectivity index (χ2n) is 9.28. The Hall–Kier alpha value is -3.78. The lowest BCUT2D eigenvalue weighted by Crippen LogP contribution is -2.41. The zero-order valence-corrected chi connectivity index (χ0v) is 22.7. The second kappa shape index (κ2) is 12.6. The standard InChI is InChI=1S/C29H33ClN4O4/c1-19-7-9-24(28(35)31-14-11-20-8-10-25(37-2)26(17-20)38-3)27(32-19)21-12-15-34(16-13-21)29(36)33-23-6-4-5-22(30)18-23/h4-10,17-18,21H,11-16H2,1-3H3,(H,31,35)(H,33,36). The average Bonchev–Trinajstić information content (AvgIpc) is 2.93. The summed E-state index contributed by atoms with van der Waals surface area (Å²) >= 11 is 6.03. The van der Waals surface area contributed by atoms with E-state index < -0.39 is 0 Å². The van der Waals surface area contributed by atoms with Gasteiger partial charge < -0.3 is 25.0 Å². The first-order valence-electron chi connectivity index (χ1n) is 12.7. The minimum Gasteiger partial charge on any atom is -0.493 e. The number of methoxy groups -OCH3 is 2. The van der Waals surface area contributed by atoms with E-state index in [0.29, 0.717) is 53.8 Å². The smallest absolute Gasteiger partial charge is 0.321 e. The van der Waals surface area contributed by atoms with Crippen LogP contribution in [0.25, 0.3) is 0 Å². The quantitative estimate of drug-likeness (QED) is 0.399. The summed E-state index contributed by atoms with van der Waals surface area (Å²) in [6.07, 6.45) is 2.11. The molecule has 3 amide bonds. The largest absolute Gasteiger partial charge is 0.493 e. The molecule has 0 saturated carbocycles.